The van der Waals surface area contributed by atoms with Crippen LogP contribution in [-0.4, -0.2) is 37.0 Å². The number of alkyl halides is 3. The van der Waals surface area contributed by atoms with Gasteiger partial charge in [0.15, 0.2) is 0 Å². The Kier molecular flexibility index (Phi) is 7.90. The fourth-order valence-corrected chi connectivity index (χ4v) is 6.60. The molecule has 3 unspecified atom stereocenters. The second-order valence-electron chi connectivity index (χ2n) is 12.1. The molecule has 1 heterocycles. The molecular weight excluding hydrogens is 597 g/mol. The minimum atomic E-state index is -4.85. The minimum Gasteiger partial charge on any atom is -0.497 e. The maximum atomic E-state index is 14.2. The number of rotatable bonds is 11. The number of carbonyl (C=O) groups excluding carboxylic acids is 1. The molecule has 232 valence electrons. The third-order valence-corrected chi connectivity index (χ3v) is 9.16. The third kappa shape index (κ3) is 6.75. The number of fused-ring (bicyclic) bond motifs is 1. The monoisotopic (exact) mass is 628 g/mol. The summed E-state index contributed by atoms with van der Waals surface area (Å²) in [5.41, 5.74) is 3.37. The fraction of sp³-hybridized carbons (Fsp3) is 0.394. The molecule has 2 aliphatic carbocycles. The largest absolute Gasteiger partial charge is 0.573 e. The van der Waals surface area contributed by atoms with Crippen LogP contribution in [0.1, 0.15) is 60.8 Å². The molecule has 3 atom stereocenters. The van der Waals surface area contributed by atoms with Gasteiger partial charge in [-0.1, -0.05) is 29.8 Å². The highest BCUT2D eigenvalue weighted by Gasteiger charge is 2.51. The van der Waals surface area contributed by atoms with Crippen LogP contribution in [0.25, 0.3) is 0 Å². The highest BCUT2D eigenvalue weighted by Crippen LogP contribution is 2.62. The number of nitrogens with one attached hydrogen (secondary N) is 1. The summed E-state index contributed by atoms with van der Waals surface area (Å²) >= 11 is 6.14. The first kappa shape index (κ1) is 30.1. The number of carbonyl (C=O) groups is 2. The van der Waals surface area contributed by atoms with Crippen molar-refractivity contribution in [2.24, 2.45) is 11.3 Å². The van der Waals surface area contributed by atoms with Crippen molar-refractivity contribution >= 4 is 34.9 Å². The Morgan fingerprint density at radius 3 is 2.50 bits per heavy atom. The molecule has 2 N–H and O–H groups in total. The van der Waals surface area contributed by atoms with E-state index in [2.05, 4.69) is 10.1 Å². The maximum absolute atomic E-state index is 14.2. The molecule has 0 spiro atoms. The van der Waals surface area contributed by atoms with Crippen LogP contribution in [0.5, 0.6) is 11.5 Å². The number of hydrogen-bond acceptors (Lipinski definition) is 5. The van der Waals surface area contributed by atoms with E-state index >= 15 is 0 Å². The van der Waals surface area contributed by atoms with Crippen molar-refractivity contribution in [2.45, 2.75) is 56.8 Å². The van der Waals surface area contributed by atoms with Crippen LogP contribution in [0.15, 0.2) is 60.7 Å². The highest BCUT2D eigenvalue weighted by atomic mass is 35.5. The number of nitrogens with zero attached hydrogens (tertiary/aromatic N) is 1. The molecule has 3 aliphatic rings. The Balaban J connectivity index is 1.27. The summed E-state index contributed by atoms with van der Waals surface area (Å²) in [6.07, 6.45) is -0.421. The highest BCUT2D eigenvalue weighted by molar-refractivity contribution is 6.30. The lowest BCUT2D eigenvalue weighted by Crippen LogP contribution is -2.37. The van der Waals surface area contributed by atoms with Crippen molar-refractivity contribution in [1.29, 1.82) is 0 Å². The number of carboxylic acid groups (broad SMARTS) is 1. The van der Waals surface area contributed by atoms with E-state index < -0.39 is 18.4 Å². The van der Waals surface area contributed by atoms with Gasteiger partial charge in [-0.25, -0.2) is 0 Å². The van der Waals surface area contributed by atoms with Crippen molar-refractivity contribution in [1.82, 2.24) is 0 Å². The van der Waals surface area contributed by atoms with Crippen molar-refractivity contribution in [3.05, 3.63) is 82.4 Å². The van der Waals surface area contributed by atoms with E-state index in [1.54, 1.807) is 43.5 Å². The SMILES string of the molecule is COc1cc(NC(C(=O)N2CCc3ccc(OC(F)(F)F)cc32)c2ccc(Cl)cc2)cc(C2CC2CC2(CC(=O)O)CC2)c1. The molecule has 1 aliphatic heterocycles. The van der Waals surface area contributed by atoms with Crippen LogP contribution in [0, 0.1) is 11.3 Å². The van der Waals surface area contributed by atoms with Gasteiger partial charge in [0.1, 0.15) is 17.5 Å². The van der Waals surface area contributed by atoms with Gasteiger partial charge in [-0.05, 0) is 96.4 Å². The van der Waals surface area contributed by atoms with Gasteiger partial charge in [0, 0.05) is 29.4 Å². The van der Waals surface area contributed by atoms with Crippen molar-refractivity contribution < 1.29 is 37.3 Å². The molecule has 2 saturated carbocycles. The zero-order valence-corrected chi connectivity index (χ0v) is 24.8. The standard InChI is InChI=1S/C33H32ClF3N2O5/c1-43-26-13-21(27-14-22(27)17-32(9-10-32)18-29(40)41)12-24(15-26)38-30(20-2-5-23(34)6-3-20)31(42)39-11-8-19-4-7-25(16-28(19)39)44-33(35,36)37/h2-7,12-13,15-16,22,27,30,38H,8-11,14,17-18H2,1H3,(H,40,41). The molecule has 0 saturated heterocycles. The number of methoxy groups -OCH3 is 1. The lowest BCUT2D eigenvalue weighted by atomic mass is 9.93. The van der Waals surface area contributed by atoms with Gasteiger partial charge in [0.2, 0.25) is 0 Å². The van der Waals surface area contributed by atoms with Gasteiger partial charge in [0.05, 0.1) is 19.2 Å². The second kappa shape index (κ2) is 11.5. The van der Waals surface area contributed by atoms with E-state index in [0.29, 0.717) is 46.6 Å². The molecule has 2 fully saturated rings. The molecule has 3 aromatic rings. The van der Waals surface area contributed by atoms with Gasteiger partial charge in [-0.3, -0.25) is 9.59 Å². The molecule has 44 heavy (non-hydrogen) atoms. The number of anilines is 2. The summed E-state index contributed by atoms with van der Waals surface area (Å²) in [7, 11) is 1.57. The Bertz CT molecular complexity index is 1570. The minimum absolute atomic E-state index is 0.0890. The summed E-state index contributed by atoms with van der Waals surface area (Å²) in [5.74, 6) is -0.216. The predicted molar refractivity (Wildman–Crippen MR) is 159 cm³/mol. The van der Waals surface area contributed by atoms with E-state index in [9.17, 15) is 27.9 Å². The molecule has 6 rings (SSSR count). The summed E-state index contributed by atoms with van der Waals surface area (Å²) < 4.78 is 48.5. The first-order valence-corrected chi connectivity index (χ1v) is 14.9. The molecule has 11 heteroatoms. The number of hydrogen-bond donors (Lipinski definition) is 2. The zero-order chi connectivity index (χ0) is 31.2. The Morgan fingerprint density at radius 2 is 1.84 bits per heavy atom. The Labute approximate surface area is 257 Å². The smallest absolute Gasteiger partial charge is 0.497 e. The lowest BCUT2D eigenvalue weighted by Gasteiger charge is -2.27. The Hall–Kier alpha value is -3.92. The number of amides is 1. The maximum Gasteiger partial charge on any atom is 0.573 e. The first-order chi connectivity index (χ1) is 20.9. The molecule has 0 radical (unpaired) electrons. The molecule has 1 amide bonds. The molecule has 3 aromatic carbocycles. The zero-order valence-electron chi connectivity index (χ0n) is 24.0. The van der Waals surface area contributed by atoms with E-state index in [-0.39, 0.29) is 29.4 Å². The molecule has 0 aromatic heterocycles. The van der Waals surface area contributed by atoms with E-state index in [0.717, 1.165) is 36.8 Å². The van der Waals surface area contributed by atoms with Crippen LogP contribution in [0.4, 0.5) is 24.5 Å². The van der Waals surface area contributed by atoms with Crippen LogP contribution in [-0.2, 0) is 16.0 Å². The van der Waals surface area contributed by atoms with Gasteiger partial charge in [0.25, 0.3) is 5.91 Å². The summed E-state index contributed by atoms with van der Waals surface area (Å²) in [6, 6.07) is 15.8. The third-order valence-electron chi connectivity index (χ3n) is 8.91. The quantitative estimate of drug-likeness (QED) is 0.226. The van der Waals surface area contributed by atoms with Gasteiger partial charge in [-0.15, -0.1) is 13.2 Å². The number of aliphatic carboxylic acids is 1. The average Bonchev–Trinajstić information content (AvgIpc) is 3.87. The van der Waals surface area contributed by atoms with E-state index in [1.165, 1.54) is 17.0 Å². The van der Waals surface area contributed by atoms with Crippen LogP contribution < -0.4 is 19.7 Å². The van der Waals surface area contributed by atoms with E-state index in [4.69, 9.17) is 16.3 Å². The number of carboxylic acids is 1. The van der Waals surface area contributed by atoms with Gasteiger partial charge >= 0.3 is 12.3 Å². The van der Waals surface area contributed by atoms with Crippen LogP contribution >= 0.6 is 11.6 Å². The van der Waals surface area contributed by atoms with Crippen LogP contribution in [0.3, 0.4) is 0 Å². The Morgan fingerprint density at radius 1 is 1.09 bits per heavy atom. The van der Waals surface area contributed by atoms with Crippen molar-refractivity contribution in [2.75, 3.05) is 23.9 Å². The van der Waals surface area contributed by atoms with Crippen molar-refractivity contribution in [3.8, 4) is 11.5 Å². The summed E-state index contributed by atoms with van der Waals surface area (Å²) in [4.78, 5) is 27.0. The number of ether oxygens (including phenoxy) is 2. The fourth-order valence-electron chi connectivity index (χ4n) is 6.48. The summed E-state index contributed by atoms with van der Waals surface area (Å²) in [6.45, 7) is 0.306. The van der Waals surface area contributed by atoms with Crippen molar-refractivity contribution in [3.63, 3.8) is 0 Å². The van der Waals surface area contributed by atoms with E-state index in [1.807, 2.05) is 12.1 Å². The molecular formula is C33H32ClF3N2O5. The van der Waals surface area contributed by atoms with Gasteiger partial charge in [-0.2, -0.15) is 0 Å². The number of benzene rings is 3. The van der Waals surface area contributed by atoms with Gasteiger partial charge < -0.3 is 24.8 Å². The normalized spacial score (nSPS) is 20.4. The summed E-state index contributed by atoms with van der Waals surface area (Å²) in [5, 5.41) is 13.2. The predicted octanol–water partition coefficient (Wildman–Crippen LogP) is 7.74. The topological polar surface area (TPSA) is 88.1 Å². The first-order valence-electron chi connectivity index (χ1n) is 14.5. The van der Waals surface area contributed by atoms with Crippen LogP contribution in [0.2, 0.25) is 5.02 Å². The average molecular weight is 629 g/mol. The molecule has 0 bridgehead atoms. The second-order valence-corrected chi connectivity index (χ2v) is 12.5. The molecule has 7 nitrogen and oxygen atoms in total. The lowest BCUT2D eigenvalue weighted by molar-refractivity contribution is -0.274. The number of halogens is 4.